The molecule has 0 heterocycles. The van der Waals surface area contributed by atoms with Crippen molar-refractivity contribution in [3.63, 3.8) is 0 Å². The molecule has 2 aromatic rings. The van der Waals surface area contributed by atoms with Crippen LogP contribution in [0.1, 0.15) is 65.4 Å². The highest BCUT2D eigenvalue weighted by atomic mass is 16.7. The summed E-state index contributed by atoms with van der Waals surface area (Å²) in [7, 11) is 0. The van der Waals surface area contributed by atoms with Gasteiger partial charge in [0.1, 0.15) is 17.9 Å². The maximum atomic E-state index is 12.5. The van der Waals surface area contributed by atoms with Crippen LogP contribution in [-0.4, -0.2) is 54.9 Å². The molecular formula is C31H41NO11. The number of carboxylic acids is 1. The lowest BCUT2D eigenvalue weighted by molar-refractivity contribution is -0.139. The van der Waals surface area contributed by atoms with Gasteiger partial charge >= 0.3 is 24.4 Å². The highest BCUT2D eigenvalue weighted by Gasteiger charge is 2.30. The third kappa shape index (κ3) is 12.2. The van der Waals surface area contributed by atoms with E-state index >= 15 is 0 Å². The smallest absolute Gasteiger partial charge is 0.480 e. The van der Waals surface area contributed by atoms with Crippen LogP contribution in [0.5, 0.6) is 17.2 Å². The second kappa shape index (κ2) is 17.6. The first-order chi connectivity index (χ1) is 20.4. The van der Waals surface area contributed by atoms with Crippen molar-refractivity contribution in [1.29, 1.82) is 0 Å². The van der Waals surface area contributed by atoms with Gasteiger partial charge in [0.2, 0.25) is 0 Å². The van der Waals surface area contributed by atoms with E-state index in [1.807, 2.05) is 27.7 Å². The summed E-state index contributed by atoms with van der Waals surface area (Å²) >= 11 is 0. The SMILES string of the molecule is CCC(C)COC(=O)Oc1ccc(C(CC(C)OC(=O)Oc2ccccc2)[C@H](N)C(=O)O)cc1OC(=O)OCC(C)CC. The molecule has 0 aromatic heterocycles. The monoisotopic (exact) mass is 603 g/mol. The van der Waals surface area contributed by atoms with E-state index in [9.17, 15) is 24.3 Å². The Morgan fingerprint density at radius 2 is 1.33 bits per heavy atom. The maximum Gasteiger partial charge on any atom is 0.514 e. The fourth-order valence-corrected chi connectivity index (χ4v) is 3.66. The zero-order valence-corrected chi connectivity index (χ0v) is 25.1. The predicted molar refractivity (Wildman–Crippen MR) is 155 cm³/mol. The van der Waals surface area contributed by atoms with Gasteiger partial charge in [-0.25, -0.2) is 14.4 Å². The van der Waals surface area contributed by atoms with Gasteiger partial charge in [-0.2, -0.15) is 0 Å². The molecule has 5 atom stereocenters. The zero-order valence-electron chi connectivity index (χ0n) is 25.1. The van der Waals surface area contributed by atoms with Crippen LogP contribution in [-0.2, 0) is 19.0 Å². The fourth-order valence-electron chi connectivity index (χ4n) is 3.66. The van der Waals surface area contributed by atoms with E-state index in [2.05, 4.69) is 0 Å². The molecule has 236 valence electrons. The van der Waals surface area contributed by atoms with Crippen molar-refractivity contribution >= 4 is 24.4 Å². The van der Waals surface area contributed by atoms with Crippen molar-refractivity contribution in [2.75, 3.05) is 13.2 Å². The standard InChI is InChI=1S/C31H41NO11/c1-6-19(3)17-38-29(35)42-25-14-13-22(16-26(25)43-30(36)39-18-20(4)7-2)24(27(32)28(33)34)15-21(5)40-31(37)41-23-11-9-8-10-12-23/h8-14,16,19-21,24,27H,6-7,15,17-18,32H2,1-5H3,(H,33,34)/t19?,20?,21?,24?,27-/m0/s1. The molecule has 43 heavy (non-hydrogen) atoms. The number of nitrogens with two attached hydrogens (primary N) is 1. The second-order valence-electron chi connectivity index (χ2n) is 10.4. The fraction of sp³-hybridized carbons (Fsp3) is 0.484. The van der Waals surface area contributed by atoms with Crippen molar-refractivity contribution < 1.29 is 52.7 Å². The van der Waals surface area contributed by atoms with E-state index in [0.717, 1.165) is 12.8 Å². The highest BCUT2D eigenvalue weighted by Crippen LogP contribution is 2.35. The van der Waals surface area contributed by atoms with Crippen molar-refractivity contribution in [3.8, 4) is 17.2 Å². The molecule has 12 heteroatoms. The molecule has 2 aromatic carbocycles. The number of carbonyl (C=O) groups is 4. The molecule has 0 amide bonds. The second-order valence-corrected chi connectivity index (χ2v) is 10.4. The molecule has 0 bridgehead atoms. The van der Waals surface area contributed by atoms with Crippen LogP contribution in [0.4, 0.5) is 14.4 Å². The van der Waals surface area contributed by atoms with E-state index in [0.29, 0.717) is 5.56 Å². The van der Waals surface area contributed by atoms with Gasteiger partial charge in [-0.1, -0.05) is 64.8 Å². The summed E-state index contributed by atoms with van der Waals surface area (Å²) in [6.45, 7) is 9.48. The quantitative estimate of drug-likeness (QED) is 0.132. The van der Waals surface area contributed by atoms with Crippen LogP contribution in [0.3, 0.4) is 0 Å². The molecular weight excluding hydrogens is 562 g/mol. The van der Waals surface area contributed by atoms with Crippen molar-refractivity contribution in [2.45, 2.75) is 71.9 Å². The van der Waals surface area contributed by atoms with Gasteiger partial charge in [0, 0.05) is 5.92 Å². The number of carboxylic acid groups (broad SMARTS) is 1. The molecule has 2 rings (SSSR count). The molecule has 4 unspecified atom stereocenters. The molecule has 3 N–H and O–H groups in total. The predicted octanol–water partition coefficient (Wildman–Crippen LogP) is 6.30. The Kier molecular flexibility index (Phi) is 14.3. The van der Waals surface area contributed by atoms with E-state index in [1.54, 1.807) is 37.3 Å². The number of benzene rings is 2. The summed E-state index contributed by atoms with van der Waals surface area (Å²) in [5.74, 6) is -2.15. The Morgan fingerprint density at radius 1 is 0.767 bits per heavy atom. The molecule has 0 aliphatic rings. The maximum absolute atomic E-state index is 12.5. The number of carbonyl (C=O) groups excluding carboxylic acids is 3. The minimum Gasteiger partial charge on any atom is -0.480 e. The molecule has 0 saturated carbocycles. The van der Waals surface area contributed by atoms with E-state index in [4.69, 9.17) is 34.2 Å². The van der Waals surface area contributed by atoms with Gasteiger partial charge < -0.3 is 39.3 Å². The minimum absolute atomic E-state index is 0.0353. The molecule has 0 radical (unpaired) electrons. The average Bonchev–Trinajstić information content (AvgIpc) is 2.98. The van der Waals surface area contributed by atoms with Gasteiger partial charge in [0.15, 0.2) is 11.5 Å². The lowest BCUT2D eigenvalue weighted by Crippen LogP contribution is -2.38. The number of ether oxygens (including phenoxy) is 6. The Hall–Kier alpha value is -4.32. The molecule has 0 saturated heterocycles. The first-order valence-electron chi connectivity index (χ1n) is 14.2. The van der Waals surface area contributed by atoms with E-state index in [1.165, 1.54) is 18.2 Å². The molecule has 0 aliphatic carbocycles. The lowest BCUT2D eigenvalue weighted by atomic mass is 9.87. The van der Waals surface area contributed by atoms with Crippen LogP contribution in [0.25, 0.3) is 0 Å². The first kappa shape index (κ1) is 34.9. The number of hydrogen-bond donors (Lipinski definition) is 2. The lowest BCUT2D eigenvalue weighted by Gasteiger charge is -2.25. The van der Waals surface area contributed by atoms with Crippen LogP contribution in [0.15, 0.2) is 48.5 Å². The number of rotatable bonds is 15. The van der Waals surface area contributed by atoms with Crippen LogP contribution < -0.4 is 19.9 Å². The number of hydrogen-bond acceptors (Lipinski definition) is 11. The summed E-state index contributed by atoms with van der Waals surface area (Å²) in [5.41, 5.74) is 6.35. The largest absolute Gasteiger partial charge is 0.514 e. The topological polar surface area (TPSA) is 170 Å². The summed E-state index contributed by atoms with van der Waals surface area (Å²) in [4.78, 5) is 49.0. The van der Waals surface area contributed by atoms with Gasteiger partial charge in [0.05, 0.1) is 13.2 Å². The molecule has 0 spiro atoms. The Morgan fingerprint density at radius 3 is 1.86 bits per heavy atom. The van der Waals surface area contributed by atoms with Gasteiger partial charge in [-0.3, -0.25) is 4.79 Å². The van der Waals surface area contributed by atoms with Crippen molar-refractivity contribution in [1.82, 2.24) is 0 Å². The number of aliphatic carboxylic acids is 1. The summed E-state index contributed by atoms with van der Waals surface area (Å²) in [6.07, 6.45) is -2.34. The van der Waals surface area contributed by atoms with E-state index < -0.39 is 42.5 Å². The van der Waals surface area contributed by atoms with Crippen molar-refractivity contribution in [3.05, 3.63) is 54.1 Å². The minimum atomic E-state index is -1.44. The molecule has 0 aliphatic heterocycles. The Labute approximate surface area is 251 Å². The number of para-hydroxylation sites is 1. The molecule has 0 fully saturated rings. The summed E-state index contributed by atoms with van der Waals surface area (Å²) < 4.78 is 31.4. The van der Waals surface area contributed by atoms with Gasteiger partial charge in [-0.05, 0) is 55.0 Å². The molecule has 12 nitrogen and oxygen atoms in total. The van der Waals surface area contributed by atoms with Crippen LogP contribution in [0.2, 0.25) is 0 Å². The van der Waals surface area contributed by atoms with Crippen molar-refractivity contribution in [2.24, 2.45) is 17.6 Å². The van der Waals surface area contributed by atoms with Gasteiger partial charge in [0.25, 0.3) is 0 Å². The van der Waals surface area contributed by atoms with Gasteiger partial charge in [-0.15, -0.1) is 0 Å². The normalized spacial score (nSPS) is 14.3. The zero-order chi connectivity index (χ0) is 31.9. The Bertz CT molecular complexity index is 1200. The third-order valence-corrected chi connectivity index (χ3v) is 6.69. The third-order valence-electron chi connectivity index (χ3n) is 6.69. The van der Waals surface area contributed by atoms with Crippen LogP contribution >= 0.6 is 0 Å². The van der Waals surface area contributed by atoms with Crippen LogP contribution in [0, 0.1) is 11.8 Å². The first-order valence-corrected chi connectivity index (χ1v) is 14.2. The highest BCUT2D eigenvalue weighted by molar-refractivity contribution is 5.75. The average molecular weight is 604 g/mol. The summed E-state index contributed by atoms with van der Waals surface area (Å²) in [6, 6.07) is 11.0. The summed E-state index contributed by atoms with van der Waals surface area (Å²) in [5, 5.41) is 9.71. The Balaban J connectivity index is 2.30. The van der Waals surface area contributed by atoms with E-state index in [-0.39, 0.29) is 48.7 Å².